The first-order valence-electron chi connectivity index (χ1n) is 9.12. The third-order valence-corrected chi connectivity index (χ3v) is 5.66. The first-order valence-corrected chi connectivity index (χ1v) is 11.2. The van der Waals surface area contributed by atoms with Crippen molar-refractivity contribution in [3.8, 4) is 5.75 Å². The molecule has 0 spiro atoms. The van der Waals surface area contributed by atoms with Gasteiger partial charge in [-0.15, -0.1) is 0 Å². The van der Waals surface area contributed by atoms with Gasteiger partial charge in [-0.3, -0.25) is 4.98 Å². The summed E-state index contributed by atoms with van der Waals surface area (Å²) in [5.41, 5.74) is 2.58. The molecule has 3 rings (SSSR count). The Hall–Kier alpha value is -2.61. The molecule has 0 atom stereocenters. The Balaban J connectivity index is 1.55. The van der Waals surface area contributed by atoms with Crippen LogP contribution in [0.5, 0.6) is 5.75 Å². The van der Waals surface area contributed by atoms with Gasteiger partial charge in [0.2, 0.25) is 0 Å². The van der Waals surface area contributed by atoms with E-state index < -0.39 is 15.9 Å². The highest BCUT2D eigenvalue weighted by Gasteiger charge is 2.23. The van der Waals surface area contributed by atoms with Crippen LogP contribution in [0.4, 0.5) is 4.79 Å². The number of amides is 1. The van der Waals surface area contributed by atoms with E-state index in [1.165, 1.54) is 11.2 Å². The van der Waals surface area contributed by atoms with Crippen LogP contribution in [-0.2, 0) is 22.2 Å². The molecule has 1 amide bonds. The molecule has 1 aliphatic heterocycles. The molecule has 150 valence electrons. The lowest BCUT2D eigenvalue weighted by Crippen LogP contribution is -2.36. The number of likely N-dealkylation sites (tertiary alicyclic amines) is 1. The molecule has 8 heteroatoms. The van der Waals surface area contributed by atoms with Crippen molar-refractivity contribution < 1.29 is 23.1 Å². The molecule has 1 aliphatic rings. The predicted molar refractivity (Wildman–Crippen MR) is 105 cm³/mol. The molecule has 2 aromatic rings. The zero-order valence-electron chi connectivity index (χ0n) is 15.7. The molecule has 0 aliphatic carbocycles. The van der Waals surface area contributed by atoms with Crippen LogP contribution in [-0.4, -0.2) is 48.8 Å². The zero-order chi connectivity index (χ0) is 20.1. The van der Waals surface area contributed by atoms with Crippen molar-refractivity contribution in [3.63, 3.8) is 0 Å². The molecule has 1 aromatic carbocycles. The van der Waals surface area contributed by atoms with Gasteiger partial charge in [-0.05, 0) is 48.1 Å². The smallest absolute Gasteiger partial charge is 0.407 e. The van der Waals surface area contributed by atoms with Gasteiger partial charge in [-0.1, -0.05) is 18.2 Å². The number of hydrogen-bond donors (Lipinski definition) is 1. The fourth-order valence-electron chi connectivity index (χ4n) is 3.35. The molecular formula is C20H24N2O5S. The Bertz CT molecular complexity index is 920. The van der Waals surface area contributed by atoms with Crippen molar-refractivity contribution in [2.45, 2.75) is 31.1 Å². The molecular weight excluding hydrogens is 380 g/mol. The van der Waals surface area contributed by atoms with Crippen LogP contribution in [0, 0.1) is 0 Å². The van der Waals surface area contributed by atoms with Gasteiger partial charge in [-0.2, -0.15) is 0 Å². The van der Waals surface area contributed by atoms with Crippen LogP contribution in [0.3, 0.4) is 0 Å². The molecule has 1 aromatic heterocycles. The Labute approximate surface area is 164 Å². The van der Waals surface area contributed by atoms with E-state index in [4.69, 9.17) is 9.84 Å². The van der Waals surface area contributed by atoms with Crippen molar-refractivity contribution in [2.75, 3.05) is 19.3 Å². The summed E-state index contributed by atoms with van der Waals surface area (Å²) in [4.78, 5) is 16.9. The second-order valence-corrected chi connectivity index (χ2v) is 9.27. The van der Waals surface area contributed by atoms with E-state index in [0.29, 0.717) is 36.9 Å². The summed E-state index contributed by atoms with van der Waals surface area (Å²) in [6, 6.07) is 11.0. The first kappa shape index (κ1) is 20.1. The lowest BCUT2D eigenvalue weighted by molar-refractivity contribution is 0.132. The zero-order valence-corrected chi connectivity index (χ0v) is 16.6. The number of rotatable bonds is 6. The summed E-state index contributed by atoms with van der Waals surface area (Å²) in [5, 5.41) is 9.03. The van der Waals surface area contributed by atoms with Gasteiger partial charge in [0.1, 0.15) is 12.4 Å². The minimum Gasteiger partial charge on any atom is -0.487 e. The number of benzene rings is 1. The van der Waals surface area contributed by atoms with E-state index in [-0.39, 0.29) is 5.75 Å². The predicted octanol–water partition coefficient (Wildman–Crippen LogP) is 3.06. The van der Waals surface area contributed by atoms with Crippen molar-refractivity contribution in [1.82, 2.24) is 9.88 Å². The Morgan fingerprint density at radius 3 is 2.61 bits per heavy atom. The topological polar surface area (TPSA) is 96.8 Å². The fourth-order valence-corrected chi connectivity index (χ4v) is 4.14. The van der Waals surface area contributed by atoms with Gasteiger partial charge in [0.15, 0.2) is 9.84 Å². The Morgan fingerprint density at radius 1 is 1.25 bits per heavy atom. The number of aromatic nitrogens is 1. The molecule has 28 heavy (non-hydrogen) atoms. The van der Waals surface area contributed by atoms with Gasteiger partial charge in [0, 0.05) is 25.5 Å². The van der Waals surface area contributed by atoms with Crippen molar-refractivity contribution in [3.05, 3.63) is 59.4 Å². The quantitative estimate of drug-likeness (QED) is 0.795. The van der Waals surface area contributed by atoms with Crippen LogP contribution in [0.25, 0.3) is 0 Å². The highest BCUT2D eigenvalue weighted by atomic mass is 32.2. The highest BCUT2D eigenvalue weighted by molar-refractivity contribution is 7.89. The lowest BCUT2D eigenvalue weighted by Gasteiger charge is -2.30. The van der Waals surface area contributed by atoms with Crippen LogP contribution in [0.1, 0.15) is 35.6 Å². The summed E-state index contributed by atoms with van der Waals surface area (Å²) >= 11 is 0. The second kappa shape index (κ2) is 8.60. The first-order chi connectivity index (χ1) is 13.3. The van der Waals surface area contributed by atoms with Crippen LogP contribution >= 0.6 is 0 Å². The number of carboxylic acid groups (broad SMARTS) is 1. The Morgan fingerprint density at radius 2 is 2.00 bits per heavy atom. The second-order valence-electron chi connectivity index (χ2n) is 7.13. The third kappa shape index (κ3) is 5.69. The SMILES string of the molecule is CS(=O)(=O)Cc1cccc(OCc2ccc(C3CCN(C(=O)O)CC3)cn2)c1. The number of pyridine rings is 1. The largest absolute Gasteiger partial charge is 0.487 e. The standard InChI is InChI=1S/C20H24N2O5S/c1-28(25,26)14-15-3-2-4-19(11-15)27-13-18-6-5-17(12-21-18)16-7-9-22(10-8-16)20(23)24/h2-6,11-12,16H,7-10,13-14H2,1H3,(H,23,24). The normalized spacial score (nSPS) is 15.4. The van der Waals surface area contributed by atoms with E-state index >= 15 is 0 Å². The third-order valence-electron chi connectivity index (χ3n) is 4.80. The van der Waals surface area contributed by atoms with Crippen LogP contribution < -0.4 is 4.74 Å². The summed E-state index contributed by atoms with van der Waals surface area (Å²) in [5.74, 6) is 0.913. The molecule has 1 fully saturated rings. The Kier molecular flexibility index (Phi) is 6.18. The molecule has 7 nitrogen and oxygen atoms in total. The number of nitrogens with zero attached hydrogens (tertiary/aromatic N) is 2. The van der Waals surface area contributed by atoms with Crippen molar-refractivity contribution >= 4 is 15.9 Å². The van der Waals surface area contributed by atoms with Crippen LogP contribution in [0.2, 0.25) is 0 Å². The number of carbonyl (C=O) groups is 1. The van der Waals surface area contributed by atoms with Crippen molar-refractivity contribution in [1.29, 1.82) is 0 Å². The molecule has 0 bridgehead atoms. The molecule has 0 unspecified atom stereocenters. The van der Waals surface area contributed by atoms with Gasteiger partial charge < -0.3 is 14.7 Å². The number of ether oxygens (including phenoxy) is 1. The molecule has 1 saturated heterocycles. The highest BCUT2D eigenvalue weighted by Crippen LogP contribution is 2.27. The minimum atomic E-state index is -3.09. The van der Waals surface area contributed by atoms with E-state index in [9.17, 15) is 13.2 Å². The summed E-state index contributed by atoms with van der Waals surface area (Å²) in [7, 11) is -3.09. The van der Waals surface area contributed by atoms with Gasteiger partial charge in [-0.25, -0.2) is 13.2 Å². The van der Waals surface area contributed by atoms with Gasteiger partial charge in [0.05, 0.1) is 11.4 Å². The maximum absolute atomic E-state index is 11.4. The maximum Gasteiger partial charge on any atom is 0.407 e. The molecule has 1 N–H and O–H groups in total. The fraction of sp³-hybridized carbons (Fsp3) is 0.400. The average Bonchev–Trinajstić information content (AvgIpc) is 2.66. The van der Waals surface area contributed by atoms with E-state index in [1.54, 1.807) is 24.3 Å². The summed E-state index contributed by atoms with van der Waals surface area (Å²) < 4.78 is 28.6. The maximum atomic E-state index is 11.4. The summed E-state index contributed by atoms with van der Waals surface area (Å²) in [6.07, 6.45) is 3.79. The van der Waals surface area contributed by atoms with E-state index in [1.807, 2.05) is 18.3 Å². The van der Waals surface area contributed by atoms with Crippen LogP contribution in [0.15, 0.2) is 42.6 Å². The average molecular weight is 404 g/mol. The van der Waals surface area contributed by atoms with Gasteiger partial charge in [0.25, 0.3) is 0 Å². The number of sulfone groups is 1. The molecule has 2 heterocycles. The monoisotopic (exact) mass is 404 g/mol. The van der Waals surface area contributed by atoms with Crippen molar-refractivity contribution in [2.24, 2.45) is 0 Å². The van der Waals surface area contributed by atoms with E-state index in [0.717, 1.165) is 24.1 Å². The van der Waals surface area contributed by atoms with Gasteiger partial charge >= 0.3 is 6.09 Å². The van der Waals surface area contributed by atoms with E-state index in [2.05, 4.69) is 4.98 Å². The molecule has 0 saturated carbocycles. The molecule has 0 radical (unpaired) electrons. The number of piperidine rings is 1. The number of hydrogen-bond acceptors (Lipinski definition) is 5. The summed E-state index contributed by atoms with van der Waals surface area (Å²) in [6.45, 7) is 1.39. The lowest BCUT2D eigenvalue weighted by atomic mass is 9.90. The minimum absolute atomic E-state index is 0.0160.